The minimum Gasteiger partial charge on any atom is -0.465 e. The Morgan fingerprint density at radius 1 is 0.871 bits per heavy atom. The van der Waals surface area contributed by atoms with E-state index in [1.807, 2.05) is 0 Å². The van der Waals surface area contributed by atoms with E-state index < -0.39 is 23.2 Å². The molecule has 0 bridgehead atoms. The van der Waals surface area contributed by atoms with Gasteiger partial charge in [0.05, 0.1) is 11.6 Å². The lowest BCUT2D eigenvalue weighted by molar-refractivity contribution is -0.168. The quantitative estimate of drug-likeness (QED) is 0.111. The number of rotatable bonds is 16. The van der Waals surface area contributed by atoms with Crippen molar-refractivity contribution in [3.05, 3.63) is 29.0 Å². The van der Waals surface area contributed by atoms with Crippen molar-refractivity contribution in [1.82, 2.24) is 0 Å². The predicted octanol–water partition coefficient (Wildman–Crippen LogP) is 7.66. The Hall–Kier alpha value is -1.62. The van der Waals surface area contributed by atoms with E-state index in [0.717, 1.165) is 25.3 Å². The summed E-state index contributed by atoms with van der Waals surface area (Å²) in [5.74, 6) is -2.56. The van der Waals surface area contributed by atoms with Gasteiger partial charge in [0, 0.05) is 0 Å². The third kappa shape index (κ3) is 8.80. The molecule has 31 heavy (non-hydrogen) atoms. The summed E-state index contributed by atoms with van der Waals surface area (Å²) < 4.78 is 24.6. The first-order valence-electron chi connectivity index (χ1n) is 11.8. The standard InChI is InChI=1S/C25H38ClFO4/c1-4-7-8-9-10-11-12-13-14-15-19-30-23(28)25(5-2,6-3)24(29)31-22-20(26)17-16-18-21(22)27/h16-18H,4-15,19H2,1-3H3. The normalized spacial score (nSPS) is 11.4. The molecular weight excluding hydrogens is 419 g/mol. The molecule has 1 aromatic carbocycles. The molecule has 176 valence electrons. The molecule has 0 aliphatic carbocycles. The minimum absolute atomic E-state index is 0.0202. The maximum Gasteiger partial charge on any atom is 0.329 e. The number of halogens is 2. The van der Waals surface area contributed by atoms with E-state index >= 15 is 0 Å². The Morgan fingerprint density at radius 2 is 1.42 bits per heavy atom. The highest BCUT2D eigenvalue weighted by molar-refractivity contribution is 6.32. The second kappa shape index (κ2) is 15.2. The Bertz CT molecular complexity index is 653. The highest BCUT2D eigenvalue weighted by Gasteiger charge is 2.46. The van der Waals surface area contributed by atoms with Crippen LogP contribution in [0, 0.1) is 11.2 Å². The average molecular weight is 457 g/mol. The molecule has 0 atom stereocenters. The molecule has 0 spiro atoms. The zero-order valence-corrected chi connectivity index (χ0v) is 20.1. The zero-order chi connectivity index (χ0) is 23.1. The molecule has 0 amide bonds. The van der Waals surface area contributed by atoms with Gasteiger partial charge in [0.25, 0.3) is 0 Å². The van der Waals surface area contributed by atoms with Gasteiger partial charge in [0.2, 0.25) is 0 Å². The first-order chi connectivity index (χ1) is 14.9. The number of hydrogen-bond donors (Lipinski definition) is 0. The van der Waals surface area contributed by atoms with Crippen LogP contribution in [0.25, 0.3) is 0 Å². The van der Waals surface area contributed by atoms with Gasteiger partial charge in [-0.05, 0) is 31.4 Å². The van der Waals surface area contributed by atoms with Gasteiger partial charge in [-0.2, -0.15) is 0 Å². The molecule has 4 nitrogen and oxygen atoms in total. The van der Waals surface area contributed by atoms with Crippen LogP contribution in [0.4, 0.5) is 4.39 Å². The van der Waals surface area contributed by atoms with E-state index in [1.165, 1.54) is 57.1 Å². The summed E-state index contributed by atoms with van der Waals surface area (Å²) in [5, 5.41) is -0.0202. The Labute approximate surface area is 191 Å². The molecule has 6 heteroatoms. The van der Waals surface area contributed by atoms with Gasteiger partial charge in [0.15, 0.2) is 17.0 Å². The van der Waals surface area contributed by atoms with Crippen molar-refractivity contribution in [1.29, 1.82) is 0 Å². The van der Waals surface area contributed by atoms with Crippen LogP contribution in [-0.2, 0) is 14.3 Å². The lowest BCUT2D eigenvalue weighted by Gasteiger charge is -2.27. The van der Waals surface area contributed by atoms with Crippen LogP contribution in [0.2, 0.25) is 5.02 Å². The third-order valence-corrected chi connectivity index (χ3v) is 6.13. The van der Waals surface area contributed by atoms with Gasteiger partial charge in [-0.25, -0.2) is 4.39 Å². The van der Waals surface area contributed by atoms with E-state index in [1.54, 1.807) is 13.8 Å². The Kier molecular flexibility index (Phi) is 13.5. The fraction of sp³-hybridized carbons (Fsp3) is 0.680. The molecule has 0 radical (unpaired) electrons. The molecule has 0 aliphatic rings. The third-order valence-electron chi connectivity index (χ3n) is 5.83. The summed E-state index contributed by atoms with van der Waals surface area (Å²) >= 11 is 5.94. The number of carbonyl (C=O) groups is 2. The zero-order valence-electron chi connectivity index (χ0n) is 19.3. The van der Waals surface area contributed by atoms with E-state index in [9.17, 15) is 14.0 Å². The van der Waals surface area contributed by atoms with Crippen LogP contribution in [0.3, 0.4) is 0 Å². The van der Waals surface area contributed by atoms with Crippen LogP contribution in [-0.4, -0.2) is 18.5 Å². The molecule has 1 rings (SSSR count). The van der Waals surface area contributed by atoms with E-state index in [-0.39, 0.29) is 30.2 Å². The van der Waals surface area contributed by atoms with Gasteiger partial charge < -0.3 is 9.47 Å². The van der Waals surface area contributed by atoms with E-state index in [4.69, 9.17) is 21.1 Å². The van der Waals surface area contributed by atoms with Crippen molar-refractivity contribution in [3.8, 4) is 5.75 Å². The van der Waals surface area contributed by atoms with E-state index in [0.29, 0.717) is 0 Å². The van der Waals surface area contributed by atoms with E-state index in [2.05, 4.69) is 6.92 Å². The molecule has 0 unspecified atom stereocenters. The molecule has 0 saturated heterocycles. The summed E-state index contributed by atoms with van der Waals surface area (Å²) in [4.78, 5) is 25.5. The monoisotopic (exact) mass is 456 g/mol. The van der Waals surface area contributed by atoms with Gasteiger partial charge in [-0.1, -0.05) is 96.2 Å². The maximum absolute atomic E-state index is 14.0. The van der Waals surface area contributed by atoms with Crippen molar-refractivity contribution in [2.24, 2.45) is 5.41 Å². The average Bonchev–Trinajstić information content (AvgIpc) is 2.76. The molecule has 1 aromatic rings. The minimum atomic E-state index is -1.47. The SMILES string of the molecule is CCCCCCCCCCCCOC(=O)C(CC)(CC)C(=O)Oc1c(F)cccc1Cl. The highest BCUT2D eigenvalue weighted by atomic mass is 35.5. The molecule has 0 aromatic heterocycles. The maximum atomic E-state index is 14.0. The first-order valence-corrected chi connectivity index (χ1v) is 12.1. The van der Waals surface area contributed by atoms with Crippen molar-refractivity contribution in [2.45, 2.75) is 97.8 Å². The lowest BCUT2D eigenvalue weighted by atomic mass is 9.82. The number of esters is 2. The molecule has 0 N–H and O–H groups in total. The Morgan fingerprint density at radius 3 is 1.94 bits per heavy atom. The first kappa shape index (κ1) is 27.4. The fourth-order valence-corrected chi connectivity index (χ4v) is 3.78. The van der Waals surface area contributed by atoms with Crippen LogP contribution in [0.1, 0.15) is 97.8 Å². The molecular formula is C25H38ClFO4. The van der Waals surface area contributed by atoms with Crippen molar-refractivity contribution in [2.75, 3.05) is 6.61 Å². The van der Waals surface area contributed by atoms with Gasteiger partial charge in [-0.15, -0.1) is 0 Å². The largest absolute Gasteiger partial charge is 0.465 e. The number of benzene rings is 1. The molecule has 0 aliphatic heterocycles. The van der Waals surface area contributed by atoms with Crippen LogP contribution < -0.4 is 4.74 Å². The highest BCUT2D eigenvalue weighted by Crippen LogP contribution is 2.34. The second-order valence-electron chi connectivity index (χ2n) is 8.05. The number of hydrogen-bond acceptors (Lipinski definition) is 4. The van der Waals surface area contributed by atoms with Gasteiger partial charge >= 0.3 is 11.9 Å². The van der Waals surface area contributed by atoms with Gasteiger partial charge in [-0.3, -0.25) is 9.59 Å². The predicted molar refractivity (Wildman–Crippen MR) is 123 cm³/mol. The topological polar surface area (TPSA) is 52.6 Å². The summed E-state index contributed by atoms with van der Waals surface area (Å²) in [5.41, 5.74) is -1.47. The number of para-hydroxylation sites is 1. The molecule has 0 heterocycles. The van der Waals surface area contributed by atoms with Crippen molar-refractivity contribution < 1.29 is 23.5 Å². The summed E-state index contributed by atoms with van der Waals surface area (Å²) in [6, 6.07) is 4.00. The van der Waals surface area contributed by atoms with Crippen molar-refractivity contribution >= 4 is 23.5 Å². The number of carbonyl (C=O) groups excluding carboxylic acids is 2. The van der Waals surface area contributed by atoms with Crippen LogP contribution in [0.5, 0.6) is 5.75 Å². The van der Waals surface area contributed by atoms with Crippen LogP contribution in [0.15, 0.2) is 18.2 Å². The second-order valence-corrected chi connectivity index (χ2v) is 8.45. The Balaban J connectivity index is 2.44. The molecule has 0 fully saturated rings. The number of unbranched alkanes of at least 4 members (excludes halogenated alkanes) is 9. The lowest BCUT2D eigenvalue weighted by Crippen LogP contribution is -2.42. The summed E-state index contributed by atoms with van der Waals surface area (Å²) in [7, 11) is 0. The summed E-state index contributed by atoms with van der Waals surface area (Å²) in [6.07, 6.45) is 12.2. The fourth-order valence-electron chi connectivity index (χ4n) is 3.57. The van der Waals surface area contributed by atoms with Crippen molar-refractivity contribution in [3.63, 3.8) is 0 Å². The molecule has 0 saturated carbocycles. The van der Waals surface area contributed by atoms with Gasteiger partial charge in [0.1, 0.15) is 0 Å². The summed E-state index contributed by atoms with van der Waals surface area (Å²) in [6.45, 7) is 5.93. The number of ether oxygens (including phenoxy) is 2. The smallest absolute Gasteiger partial charge is 0.329 e. The van der Waals surface area contributed by atoms with Crippen LogP contribution >= 0.6 is 11.6 Å².